The van der Waals surface area contributed by atoms with E-state index in [2.05, 4.69) is 36.1 Å². The zero-order valence-electron chi connectivity index (χ0n) is 33.7. The van der Waals surface area contributed by atoms with E-state index in [9.17, 15) is 32.4 Å². The van der Waals surface area contributed by atoms with Crippen molar-refractivity contribution in [3.63, 3.8) is 0 Å². The van der Waals surface area contributed by atoms with E-state index in [-0.39, 0.29) is 42.7 Å². The normalized spacial score (nSPS) is 25.6. The number of nitrogens with one attached hydrogen (secondary N) is 3. The molecule has 0 bridgehead atoms. The third kappa shape index (κ3) is 8.18. The predicted octanol–water partition coefficient (Wildman–Crippen LogP) is 3.66. The molecule has 316 valence electrons. The third-order valence-corrected chi connectivity index (χ3v) is 13.7. The number of hydrogen-bond donors (Lipinski definition) is 4. The van der Waals surface area contributed by atoms with E-state index in [0.717, 1.165) is 22.9 Å². The van der Waals surface area contributed by atoms with Crippen molar-refractivity contribution >= 4 is 61.6 Å². The molecule has 16 nitrogen and oxygen atoms in total. The lowest BCUT2D eigenvalue weighted by Gasteiger charge is -2.29. The Balaban J connectivity index is 1.15. The lowest BCUT2D eigenvalue weighted by Crippen LogP contribution is -2.58. The average Bonchev–Trinajstić information content (AvgIpc) is 4.11. The number of benzene rings is 2. The minimum absolute atomic E-state index is 0.0754. The number of aromatic nitrogens is 2. The number of carbonyl (C=O) groups is 5. The van der Waals surface area contributed by atoms with Gasteiger partial charge in [-0.05, 0) is 61.6 Å². The molecule has 2 aromatic carbocycles. The van der Waals surface area contributed by atoms with E-state index in [1.54, 1.807) is 6.07 Å². The summed E-state index contributed by atoms with van der Waals surface area (Å²) in [4.78, 5) is 78.3. The first-order valence-corrected chi connectivity index (χ1v) is 22.0. The number of furan rings is 1. The summed E-state index contributed by atoms with van der Waals surface area (Å²) >= 11 is 0. The molecule has 5 amide bonds. The second kappa shape index (κ2) is 15.6. The summed E-state index contributed by atoms with van der Waals surface area (Å²) in [5.41, 5.74) is 6.78. The monoisotopic (exact) mass is 839 g/mol. The van der Waals surface area contributed by atoms with Gasteiger partial charge in [0.1, 0.15) is 34.8 Å². The van der Waals surface area contributed by atoms with Gasteiger partial charge in [0, 0.05) is 23.3 Å². The van der Waals surface area contributed by atoms with Crippen LogP contribution < -0.4 is 25.8 Å². The molecule has 2 aliphatic carbocycles. The van der Waals surface area contributed by atoms with Gasteiger partial charge in [-0.2, -0.15) is 4.98 Å². The molecular formula is C43H49N7O9S. The van der Waals surface area contributed by atoms with Crippen LogP contribution in [0.4, 0.5) is 0 Å². The Bertz CT molecular complexity index is 2530. The van der Waals surface area contributed by atoms with Crippen LogP contribution >= 0.6 is 0 Å². The summed E-state index contributed by atoms with van der Waals surface area (Å²) in [6.07, 6.45) is 6.51. The molecule has 2 saturated carbocycles. The van der Waals surface area contributed by atoms with Crippen molar-refractivity contribution in [2.24, 2.45) is 11.7 Å². The first-order chi connectivity index (χ1) is 28.5. The van der Waals surface area contributed by atoms with Gasteiger partial charge in [-0.15, -0.1) is 0 Å². The topological polar surface area (TPSA) is 233 Å². The highest BCUT2D eigenvalue weighted by molar-refractivity contribution is 7.91. The molecule has 3 fully saturated rings. The summed E-state index contributed by atoms with van der Waals surface area (Å²) in [7, 11) is -3.94. The molecule has 5 N–H and O–H groups in total. The van der Waals surface area contributed by atoms with Crippen LogP contribution in [0.15, 0.2) is 65.1 Å². The van der Waals surface area contributed by atoms with E-state index >= 15 is 0 Å². The predicted molar refractivity (Wildman–Crippen MR) is 220 cm³/mol. The number of primary amides is 1. The summed E-state index contributed by atoms with van der Waals surface area (Å²) in [5, 5.41) is 5.36. The van der Waals surface area contributed by atoms with Crippen LogP contribution in [0.3, 0.4) is 0 Å². The first kappa shape index (κ1) is 40.9. The Kier molecular flexibility index (Phi) is 10.7. The van der Waals surface area contributed by atoms with Gasteiger partial charge >= 0.3 is 11.8 Å². The van der Waals surface area contributed by atoms with Crippen molar-refractivity contribution in [3.05, 3.63) is 66.2 Å². The van der Waals surface area contributed by atoms with Crippen molar-refractivity contribution in [2.45, 2.75) is 113 Å². The van der Waals surface area contributed by atoms with Gasteiger partial charge < -0.3 is 30.4 Å². The van der Waals surface area contributed by atoms with Crippen LogP contribution in [-0.4, -0.2) is 88.3 Å². The van der Waals surface area contributed by atoms with E-state index in [1.165, 1.54) is 4.90 Å². The molecule has 0 spiro atoms. The van der Waals surface area contributed by atoms with Gasteiger partial charge in [-0.1, -0.05) is 82.2 Å². The molecule has 4 aromatic rings. The van der Waals surface area contributed by atoms with Crippen LogP contribution in [0, 0.1) is 5.92 Å². The Morgan fingerprint density at radius 1 is 1.00 bits per heavy atom. The number of sulfonamides is 1. The lowest BCUT2D eigenvalue weighted by molar-refractivity contribution is -0.144. The molecule has 8 rings (SSSR count). The molecule has 17 heteroatoms. The number of nitrogens with two attached hydrogens (primary N) is 1. The summed E-state index contributed by atoms with van der Waals surface area (Å²) < 4.78 is 40.9. The van der Waals surface area contributed by atoms with Crippen molar-refractivity contribution in [2.75, 3.05) is 6.54 Å². The van der Waals surface area contributed by atoms with Crippen LogP contribution in [-0.2, 0) is 39.4 Å². The van der Waals surface area contributed by atoms with Crippen molar-refractivity contribution in [1.29, 1.82) is 0 Å². The van der Waals surface area contributed by atoms with E-state index in [4.69, 9.17) is 24.9 Å². The number of amides is 5. The average molecular weight is 840 g/mol. The second-order valence-corrected chi connectivity index (χ2v) is 19.3. The van der Waals surface area contributed by atoms with Crippen molar-refractivity contribution < 1.29 is 41.5 Å². The van der Waals surface area contributed by atoms with Crippen molar-refractivity contribution in [3.8, 4) is 17.3 Å². The summed E-state index contributed by atoms with van der Waals surface area (Å²) in [6.45, 7) is 6.21. The number of hydrogen-bond acceptors (Lipinski definition) is 11. The Labute approximate surface area is 347 Å². The third-order valence-electron chi connectivity index (χ3n) is 11.8. The largest absolute Gasteiger partial charge is 0.470 e. The molecule has 0 unspecified atom stereocenters. The number of para-hydroxylation sites is 1. The first-order valence-electron chi connectivity index (χ1n) is 20.5. The Morgan fingerprint density at radius 2 is 1.75 bits per heavy atom. The van der Waals surface area contributed by atoms with Crippen LogP contribution in [0.5, 0.6) is 5.88 Å². The van der Waals surface area contributed by atoms with Crippen molar-refractivity contribution in [1.82, 2.24) is 30.2 Å². The molecule has 60 heavy (non-hydrogen) atoms. The smallest absolute Gasteiger partial charge is 0.309 e. The van der Waals surface area contributed by atoms with Gasteiger partial charge in [-0.3, -0.25) is 28.7 Å². The molecule has 1 saturated heterocycles. The van der Waals surface area contributed by atoms with Crippen LogP contribution in [0.25, 0.3) is 33.5 Å². The van der Waals surface area contributed by atoms with Gasteiger partial charge in [0.2, 0.25) is 27.4 Å². The number of carbonyl (C=O) groups excluding carboxylic acids is 5. The summed E-state index contributed by atoms with van der Waals surface area (Å²) in [6, 6.07) is 12.8. The number of ether oxygens (including phenoxy) is 1. The van der Waals surface area contributed by atoms with E-state index < -0.39 is 74.5 Å². The van der Waals surface area contributed by atoms with Gasteiger partial charge in [0.25, 0.3) is 11.8 Å². The van der Waals surface area contributed by atoms with Gasteiger partial charge in [-0.25, -0.2) is 13.4 Å². The van der Waals surface area contributed by atoms with Gasteiger partial charge in [0.15, 0.2) is 5.82 Å². The minimum atomic E-state index is -3.94. The zero-order chi connectivity index (χ0) is 42.6. The Hall–Kier alpha value is -5.84. The number of rotatable bonds is 7. The molecule has 4 aliphatic rings. The lowest BCUT2D eigenvalue weighted by atomic mass is 9.87. The Morgan fingerprint density at radius 3 is 2.47 bits per heavy atom. The summed E-state index contributed by atoms with van der Waals surface area (Å²) in [5.74, 6) is -4.66. The maximum Gasteiger partial charge on any atom is 0.309 e. The fourth-order valence-corrected chi connectivity index (χ4v) is 9.49. The van der Waals surface area contributed by atoms with Crippen LogP contribution in [0.1, 0.15) is 84.1 Å². The fraction of sp³-hybridized carbons (Fsp3) is 0.465. The van der Waals surface area contributed by atoms with E-state index in [1.807, 2.05) is 54.6 Å². The highest BCUT2D eigenvalue weighted by Crippen LogP contribution is 2.46. The van der Waals surface area contributed by atoms with Gasteiger partial charge in [0.05, 0.1) is 11.8 Å². The maximum absolute atomic E-state index is 14.5. The molecule has 0 radical (unpaired) electrons. The molecule has 5 atom stereocenters. The minimum Gasteiger partial charge on any atom is -0.470 e. The zero-order valence-corrected chi connectivity index (χ0v) is 34.5. The number of fused-ring (bicyclic) bond motifs is 5. The van der Waals surface area contributed by atoms with E-state index in [0.29, 0.717) is 49.0 Å². The standard InChI is InChI=1S/C43H49N7O9S/c1-42(2,3)25-17-15-24(16-18-25)36-46-33-29-12-9-10-14-32(29)59-34(33)39(47-36)58-27-21-31-37(52)48-43(41(55)49-60(56,57)28-19-20-28)22-26(43)11-7-5-4-6-8-13-30(40(54)50(31)23-27)45-38(53)35(44)51/h7,9-12,14-18,26-28,30-31H,4-6,8,13,19-23H2,1-3H3,(H2,44,51)(H,45,53)(H,48,52)(H,49,55)/b11-7-/t26-,27+,30-,31-,43+/m0/s1. The molecule has 2 aliphatic heterocycles. The molecule has 4 heterocycles. The fourth-order valence-electron chi connectivity index (χ4n) is 8.13. The number of nitrogens with zero attached hydrogens (tertiary/aromatic N) is 3. The molecule has 2 aromatic heterocycles. The second-order valence-electron chi connectivity index (χ2n) is 17.3. The highest BCUT2D eigenvalue weighted by atomic mass is 32.2. The highest BCUT2D eigenvalue weighted by Gasteiger charge is 2.62. The van der Waals surface area contributed by atoms with Crippen LogP contribution in [0.2, 0.25) is 0 Å². The molecular weight excluding hydrogens is 791 g/mol. The maximum atomic E-state index is 14.5. The quantitative estimate of drug-likeness (QED) is 0.155. The number of allylic oxidation sites excluding steroid dienone is 1. The SMILES string of the molecule is CC(C)(C)c1ccc(-c2nc(O[C@@H]3C[C@H]4C(=O)N[C@]5(C(=O)NS(=O)(=O)C6CC6)C[C@@H]5/C=C\CCCCC[C@H](NC(=O)C(N)=O)C(=O)N4C3)c3oc4ccccc4c3n2)cc1.